The first-order valence-electron chi connectivity index (χ1n) is 30.5. The second-order valence-corrected chi connectivity index (χ2v) is 27.4. The second kappa shape index (κ2) is 18.0. The van der Waals surface area contributed by atoms with E-state index in [9.17, 15) is 0 Å². The van der Waals surface area contributed by atoms with Crippen molar-refractivity contribution in [1.29, 1.82) is 0 Å². The standard InChI is InChI=1S/C80H59B2N3S/c1-79(2,3)48-40-72-77-73(41-48)84(51-36-38-61-57-28-12-10-24-53(57)55-26-14-16-30-59(55)63(61)44-51)69-34-20-18-32-65(69)81(77)67-46-68-71(47-70(67)83(72)50-22-8-7-9-23-50)85(52-37-39-62-58-29-13-11-25-54(58)56-27-15-17-31-60(56)64(62)45-52)74-42-49(80(4,5)6)43-76-78(74)82(68)66-33-19-21-35-75(66)86-76/h7-47H,1-6H3. The van der Waals surface area contributed by atoms with Crippen molar-refractivity contribution in [1.82, 2.24) is 0 Å². The molecule has 0 aliphatic carbocycles. The lowest BCUT2D eigenvalue weighted by Gasteiger charge is -2.47. The number of fused-ring (bicyclic) bond motifs is 20. The molecule has 0 bridgehead atoms. The normalized spacial score (nSPS) is 14.0. The first kappa shape index (κ1) is 49.9. The molecule has 0 spiro atoms. The van der Waals surface area contributed by atoms with Crippen LogP contribution in [0.15, 0.2) is 259 Å². The lowest BCUT2D eigenvalue weighted by molar-refractivity contribution is 0.589. The molecule has 0 saturated carbocycles. The van der Waals surface area contributed by atoms with Gasteiger partial charge in [-0.15, -0.1) is 0 Å². The van der Waals surface area contributed by atoms with Crippen LogP contribution in [-0.4, -0.2) is 13.4 Å². The van der Waals surface area contributed by atoms with Gasteiger partial charge in [-0.05, 0) is 193 Å². The van der Waals surface area contributed by atoms with E-state index in [-0.39, 0.29) is 24.3 Å². The zero-order valence-corrected chi connectivity index (χ0v) is 49.9. The van der Waals surface area contributed by atoms with Crippen LogP contribution in [0.25, 0.3) is 64.6 Å². The highest BCUT2D eigenvalue weighted by molar-refractivity contribution is 8.00. The molecule has 18 rings (SSSR count). The first-order valence-corrected chi connectivity index (χ1v) is 31.3. The summed E-state index contributed by atoms with van der Waals surface area (Å²) in [5, 5.41) is 15.3. The minimum absolute atomic E-state index is 0.0126. The lowest BCUT2D eigenvalue weighted by atomic mass is 9.30. The molecule has 86 heavy (non-hydrogen) atoms. The third-order valence-corrected chi connectivity index (χ3v) is 20.6. The van der Waals surface area contributed by atoms with Gasteiger partial charge in [-0.3, -0.25) is 0 Å². The van der Waals surface area contributed by atoms with E-state index in [1.54, 1.807) is 0 Å². The highest BCUT2D eigenvalue weighted by atomic mass is 32.2. The molecule has 0 atom stereocenters. The maximum absolute atomic E-state index is 2.67. The van der Waals surface area contributed by atoms with Crippen LogP contribution >= 0.6 is 11.8 Å². The van der Waals surface area contributed by atoms with E-state index in [1.807, 2.05) is 11.8 Å². The molecule has 0 saturated heterocycles. The number of para-hydroxylation sites is 2. The average molecular weight is 1120 g/mol. The van der Waals surface area contributed by atoms with Crippen LogP contribution in [0, 0.1) is 0 Å². The van der Waals surface area contributed by atoms with Crippen molar-refractivity contribution in [2.24, 2.45) is 0 Å². The largest absolute Gasteiger partial charge is 0.311 e. The molecule has 14 aromatic rings. The Kier molecular flexibility index (Phi) is 10.5. The lowest BCUT2D eigenvalue weighted by Crippen LogP contribution is -2.64. The number of rotatable bonds is 3. The summed E-state index contributed by atoms with van der Waals surface area (Å²) < 4.78 is 0. The fraction of sp³-hybridized carbons (Fsp3) is 0.100. The summed E-state index contributed by atoms with van der Waals surface area (Å²) in [6.07, 6.45) is 0. The highest BCUT2D eigenvalue weighted by Crippen LogP contribution is 2.51. The van der Waals surface area contributed by atoms with Gasteiger partial charge in [-0.25, -0.2) is 0 Å². The number of nitrogens with zero attached hydrogens (tertiary/aromatic N) is 3. The summed E-state index contributed by atoms with van der Waals surface area (Å²) in [5.41, 5.74) is 21.1. The van der Waals surface area contributed by atoms with Gasteiger partial charge in [0.25, 0.3) is 6.71 Å². The zero-order valence-electron chi connectivity index (χ0n) is 49.1. The monoisotopic (exact) mass is 1120 g/mol. The Labute approximate surface area is 507 Å². The minimum Gasteiger partial charge on any atom is -0.311 e. The first-order chi connectivity index (χ1) is 41.9. The van der Waals surface area contributed by atoms with Crippen LogP contribution in [0.3, 0.4) is 0 Å². The van der Waals surface area contributed by atoms with Gasteiger partial charge in [-0.1, -0.05) is 229 Å². The predicted molar refractivity (Wildman–Crippen MR) is 373 cm³/mol. The molecule has 0 N–H and O–H groups in total. The number of hydrogen-bond acceptors (Lipinski definition) is 4. The minimum atomic E-state index is -0.179. The fourth-order valence-electron chi connectivity index (χ4n) is 15.5. The van der Waals surface area contributed by atoms with Crippen LogP contribution < -0.4 is 47.5 Å². The van der Waals surface area contributed by atoms with Gasteiger partial charge in [0.2, 0.25) is 6.71 Å². The van der Waals surface area contributed by atoms with Gasteiger partial charge in [0.1, 0.15) is 0 Å². The van der Waals surface area contributed by atoms with Crippen molar-refractivity contribution >= 4 is 174 Å². The van der Waals surface area contributed by atoms with Gasteiger partial charge in [0.15, 0.2) is 0 Å². The van der Waals surface area contributed by atoms with E-state index in [1.165, 1.54) is 152 Å². The Morgan fingerprint density at radius 3 is 1.15 bits per heavy atom. The summed E-state index contributed by atoms with van der Waals surface area (Å²) in [6.45, 7) is 14.1. The molecular weight excluding hydrogens is 1060 g/mol. The van der Waals surface area contributed by atoms with Crippen LogP contribution in [0.2, 0.25) is 0 Å². The van der Waals surface area contributed by atoms with Crippen LogP contribution in [0.5, 0.6) is 0 Å². The Morgan fingerprint density at radius 1 is 0.256 bits per heavy atom. The van der Waals surface area contributed by atoms with Crippen molar-refractivity contribution in [2.45, 2.75) is 62.2 Å². The molecule has 0 fully saturated rings. The molecule has 3 nitrogen and oxygen atoms in total. The van der Waals surface area contributed by atoms with Crippen molar-refractivity contribution in [2.75, 3.05) is 14.7 Å². The Morgan fingerprint density at radius 2 is 0.640 bits per heavy atom. The third kappa shape index (κ3) is 7.08. The molecule has 0 radical (unpaired) electrons. The SMILES string of the molecule is CC(C)(C)c1cc2c3c(c1)N(c1ccc4c5ccccc5c5ccccc5c4c1)c1cc4c(cc1B3c1ccccc1S2)B1c2ccccc2N(c2ccc3c5ccccc5c5ccccc5c3c2)c2cc(C(C)(C)C)cc(c21)N4c1ccccc1. The van der Waals surface area contributed by atoms with E-state index in [4.69, 9.17) is 0 Å². The van der Waals surface area contributed by atoms with E-state index in [2.05, 4.69) is 305 Å². The van der Waals surface area contributed by atoms with Gasteiger partial charge in [0, 0.05) is 61.0 Å². The van der Waals surface area contributed by atoms with Gasteiger partial charge in [0.05, 0.1) is 0 Å². The van der Waals surface area contributed by atoms with Crippen molar-refractivity contribution < 1.29 is 0 Å². The quantitative estimate of drug-likeness (QED) is 0.129. The molecule has 14 aromatic carbocycles. The van der Waals surface area contributed by atoms with Gasteiger partial charge in [-0.2, -0.15) is 0 Å². The third-order valence-electron chi connectivity index (χ3n) is 19.5. The molecule has 0 amide bonds. The maximum Gasteiger partial charge on any atom is 0.252 e. The second-order valence-electron chi connectivity index (χ2n) is 26.4. The number of benzene rings is 14. The molecule has 4 aliphatic rings. The zero-order chi connectivity index (χ0) is 57.5. The van der Waals surface area contributed by atoms with E-state index in [0.717, 1.165) is 17.1 Å². The molecule has 0 unspecified atom stereocenters. The summed E-state index contributed by atoms with van der Waals surface area (Å²) >= 11 is 1.94. The Bertz CT molecular complexity index is 5220. The smallest absolute Gasteiger partial charge is 0.252 e. The molecular formula is C80H59B2N3S. The molecule has 6 heteroatoms. The molecule has 406 valence electrons. The Hall–Kier alpha value is -9.48. The summed E-state index contributed by atoms with van der Waals surface area (Å²) in [5.74, 6) is 0. The van der Waals surface area contributed by atoms with Crippen LogP contribution in [0.4, 0.5) is 51.2 Å². The van der Waals surface area contributed by atoms with E-state index < -0.39 is 0 Å². The summed E-state index contributed by atoms with van der Waals surface area (Å²) in [7, 11) is 0. The molecule has 0 aromatic heterocycles. The van der Waals surface area contributed by atoms with E-state index >= 15 is 0 Å². The number of anilines is 9. The van der Waals surface area contributed by atoms with E-state index in [0.29, 0.717) is 0 Å². The average Bonchev–Trinajstić information content (AvgIpc) is 0.707. The summed E-state index contributed by atoms with van der Waals surface area (Å²) in [6, 6.07) is 95.6. The fourth-order valence-corrected chi connectivity index (χ4v) is 16.7. The van der Waals surface area contributed by atoms with Gasteiger partial charge >= 0.3 is 0 Å². The highest BCUT2D eigenvalue weighted by Gasteiger charge is 2.48. The van der Waals surface area contributed by atoms with Crippen molar-refractivity contribution in [3.05, 3.63) is 260 Å². The topological polar surface area (TPSA) is 9.72 Å². The Balaban J connectivity index is 0.948. The molecule has 4 aliphatic heterocycles. The van der Waals surface area contributed by atoms with Crippen LogP contribution in [0.1, 0.15) is 52.7 Å². The van der Waals surface area contributed by atoms with Crippen molar-refractivity contribution in [3.63, 3.8) is 0 Å². The predicted octanol–water partition coefficient (Wildman–Crippen LogP) is 18.0. The van der Waals surface area contributed by atoms with Gasteiger partial charge < -0.3 is 14.7 Å². The van der Waals surface area contributed by atoms with Crippen molar-refractivity contribution in [3.8, 4) is 0 Å². The molecule has 4 heterocycles. The van der Waals surface area contributed by atoms with Crippen LogP contribution in [-0.2, 0) is 10.8 Å². The maximum atomic E-state index is 2.67. The number of hydrogen-bond donors (Lipinski definition) is 0. The summed E-state index contributed by atoms with van der Waals surface area (Å²) in [4.78, 5) is 10.6.